The lowest BCUT2D eigenvalue weighted by atomic mass is 10.0. The van der Waals surface area contributed by atoms with Crippen LogP contribution in [0.25, 0.3) is 0 Å². The first-order chi connectivity index (χ1) is 12.2. The quantitative estimate of drug-likeness (QED) is 0.740. The van der Waals surface area contributed by atoms with Gasteiger partial charge >= 0.3 is 6.18 Å². The minimum Gasteiger partial charge on any atom is -0.338 e. The number of aliphatic imine (C=N–C) groups is 1. The van der Waals surface area contributed by atoms with E-state index in [4.69, 9.17) is 11.6 Å². The van der Waals surface area contributed by atoms with Gasteiger partial charge in [-0.1, -0.05) is 11.6 Å². The van der Waals surface area contributed by atoms with E-state index in [1.54, 1.807) is 5.01 Å². The van der Waals surface area contributed by atoms with E-state index in [1.165, 1.54) is 6.07 Å². The summed E-state index contributed by atoms with van der Waals surface area (Å²) in [5, 5.41) is 9.17. The largest absolute Gasteiger partial charge is 0.417 e. The highest BCUT2D eigenvalue weighted by atomic mass is 35.5. The van der Waals surface area contributed by atoms with Gasteiger partial charge in [0.15, 0.2) is 0 Å². The zero-order valence-electron chi connectivity index (χ0n) is 14.9. The van der Waals surface area contributed by atoms with E-state index in [9.17, 15) is 13.2 Å². The lowest BCUT2D eigenvalue weighted by Gasteiger charge is -2.40. The molecule has 1 aromatic carbocycles. The predicted octanol–water partition coefficient (Wildman–Crippen LogP) is 4.02. The van der Waals surface area contributed by atoms with Gasteiger partial charge in [0.05, 0.1) is 22.3 Å². The summed E-state index contributed by atoms with van der Waals surface area (Å²) < 4.78 is 39.7. The molecule has 5 nitrogen and oxygen atoms in total. The standard InChI is InChI=1S/C17H21ClF3N5/c1-10(2)24-26-11(3)12-8-13(17(19,20)21)14(18)9-15(12)23-16(26)25-6-4-22-5-7-25/h8-9,11,22H,4-7H2,1-3H3. The fourth-order valence-corrected chi connectivity index (χ4v) is 3.38. The normalized spacial score (nSPS) is 20.6. The number of guanidine groups is 1. The van der Waals surface area contributed by atoms with E-state index >= 15 is 0 Å². The molecule has 2 heterocycles. The molecular formula is C17H21ClF3N5. The van der Waals surface area contributed by atoms with E-state index in [2.05, 4.69) is 20.3 Å². The van der Waals surface area contributed by atoms with Crippen LogP contribution in [0.15, 0.2) is 22.2 Å². The second kappa shape index (κ2) is 7.08. The molecule has 1 saturated heterocycles. The van der Waals surface area contributed by atoms with Gasteiger partial charge in [-0.05, 0) is 32.9 Å². The van der Waals surface area contributed by atoms with Crippen molar-refractivity contribution in [1.82, 2.24) is 15.2 Å². The molecule has 0 aromatic heterocycles. The number of hydrogen-bond donors (Lipinski definition) is 1. The first kappa shape index (κ1) is 19.0. The van der Waals surface area contributed by atoms with Crippen molar-refractivity contribution in [3.05, 3.63) is 28.3 Å². The van der Waals surface area contributed by atoms with Crippen molar-refractivity contribution in [2.45, 2.75) is 33.0 Å². The van der Waals surface area contributed by atoms with Crippen LogP contribution in [-0.2, 0) is 6.18 Å². The minimum atomic E-state index is -4.51. The minimum absolute atomic E-state index is 0.338. The first-order valence-electron chi connectivity index (χ1n) is 8.44. The van der Waals surface area contributed by atoms with Crippen LogP contribution in [0.3, 0.4) is 0 Å². The van der Waals surface area contributed by atoms with Gasteiger partial charge < -0.3 is 10.2 Å². The third-order valence-electron chi connectivity index (χ3n) is 4.37. The van der Waals surface area contributed by atoms with Crippen LogP contribution in [0.5, 0.6) is 0 Å². The number of piperazine rings is 1. The molecule has 1 N–H and O–H groups in total. The Balaban J connectivity index is 2.12. The molecule has 0 radical (unpaired) electrons. The van der Waals surface area contributed by atoms with Crippen molar-refractivity contribution in [2.24, 2.45) is 10.1 Å². The third-order valence-corrected chi connectivity index (χ3v) is 4.68. The number of hydrazone groups is 1. The van der Waals surface area contributed by atoms with Gasteiger partial charge in [-0.2, -0.15) is 18.3 Å². The molecule has 3 rings (SSSR count). The van der Waals surface area contributed by atoms with Gasteiger partial charge in [0.25, 0.3) is 0 Å². The lowest BCUT2D eigenvalue weighted by Crippen LogP contribution is -2.52. The smallest absolute Gasteiger partial charge is 0.338 e. The second-order valence-corrected chi connectivity index (χ2v) is 7.01. The number of fused-ring (bicyclic) bond motifs is 1. The highest BCUT2D eigenvalue weighted by Crippen LogP contribution is 2.43. The Bertz CT molecular complexity index is 750. The first-order valence-corrected chi connectivity index (χ1v) is 8.82. The van der Waals surface area contributed by atoms with Gasteiger partial charge in [0, 0.05) is 37.5 Å². The summed E-state index contributed by atoms with van der Waals surface area (Å²) in [5.41, 5.74) is 0.880. The molecule has 2 aliphatic heterocycles. The summed E-state index contributed by atoms with van der Waals surface area (Å²) in [6.07, 6.45) is -4.51. The Hall–Kier alpha value is -1.80. The van der Waals surface area contributed by atoms with E-state index < -0.39 is 11.7 Å². The fraction of sp³-hybridized carbons (Fsp3) is 0.529. The van der Waals surface area contributed by atoms with Crippen molar-refractivity contribution in [3.8, 4) is 0 Å². The summed E-state index contributed by atoms with van der Waals surface area (Å²) in [4.78, 5) is 6.71. The molecule has 0 amide bonds. The molecule has 26 heavy (non-hydrogen) atoms. The Kier molecular flexibility index (Phi) is 5.16. The van der Waals surface area contributed by atoms with Crippen molar-refractivity contribution >= 4 is 29.0 Å². The molecular weight excluding hydrogens is 367 g/mol. The summed E-state index contributed by atoms with van der Waals surface area (Å²) in [5.74, 6) is 0.642. The zero-order valence-corrected chi connectivity index (χ0v) is 15.6. The maximum atomic E-state index is 13.2. The summed E-state index contributed by atoms with van der Waals surface area (Å²) in [6.45, 7) is 8.67. The van der Waals surface area contributed by atoms with Crippen molar-refractivity contribution in [3.63, 3.8) is 0 Å². The van der Waals surface area contributed by atoms with Crippen LogP contribution < -0.4 is 5.32 Å². The average molecular weight is 388 g/mol. The maximum Gasteiger partial charge on any atom is 0.417 e. The SMILES string of the molecule is CC(C)=NN1C(N2CCNCC2)=Nc2cc(Cl)c(C(F)(F)F)cc2C1C. The second-order valence-electron chi connectivity index (χ2n) is 6.61. The Morgan fingerprint density at radius 1 is 1.27 bits per heavy atom. The van der Waals surface area contributed by atoms with E-state index in [0.717, 1.165) is 38.0 Å². The number of hydrogen-bond acceptors (Lipinski definition) is 5. The van der Waals surface area contributed by atoms with E-state index in [-0.39, 0.29) is 11.1 Å². The van der Waals surface area contributed by atoms with Crippen LogP contribution in [0.4, 0.5) is 18.9 Å². The van der Waals surface area contributed by atoms with Crippen LogP contribution in [-0.4, -0.2) is 47.8 Å². The molecule has 142 valence electrons. The van der Waals surface area contributed by atoms with Gasteiger partial charge in [-0.15, -0.1) is 0 Å². The molecule has 0 aliphatic carbocycles. The molecule has 1 fully saturated rings. The molecule has 0 saturated carbocycles. The van der Waals surface area contributed by atoms with Crippen molar-refractivity contribution < 1.29 is 13.2 Å². The van der Waals surface area contributed by atoms with Gasteiger partial charge in [0.1, 0.15) is 0 Å². The Morgan fingerprint density at radius 2 is 1.92 bits per heavy atom. The number of nitrogens with one attached hydrogen (secondary N) is 1. The lowest BCUT2D eigenvalue weighted by molar-refractivity contribution is -0.137. The molecule has 1 atom stereocenters. The highest BCUT2D eigenvalue weighted by Gasteiger charge is 2.37. The van der Waals surface area contributed by atoms with Crippen molar-refractivity contribution in [1.29, 1.82) is 0 Å². The van der Waals surface area contributed by atoms with Crippen LogP contribution >= 0.6 is 11.6 Å². The molecule has 2 aliphatic rings. The zero-order chi connectivity index (χ0) is 19.1. The summed E-state index contributed by atoms with van der Waals surface area (Å²) in [6, 6.07) is 2.01. The van der Waals surface area contributed by atoms with E-state index in [1.807, 2.05) is 20.8 Å². The third kappa shape index (κ3) is 3.66. The average Bonchev–Trinajstić information content (AvgIpc) is 2.56. The number of benzene rings is 1. The molecule has 1 aromatic rings. The fourth-order valence-electron chi connectivity index (χ4n) is 3.12. The number of halogens is 4. The highest BCUT2D eigenvalue weighted by molar-refractivity contribution is 6.31. The Morgan fingerprint density at radius 3 is 2.50 bits per heavy atom. The topological polar surface area (TPSA) is 43.2 Å². The van der Waals surface area contributed by atoms with Crippen LogP contribution in [0.2, 0.25) is 5.02 Å². The molecule has 9 heteroatoms. The van der Waals surface area contributed by atoms with Gasteiger partial charge in [-0.25, -0.2) is 10.0 Å². The summed E-state index contributed by atoms with van der Waals surface area (Å²) >= 11 is 5.89. The van der Waals surface area contributed by atoms with Crippen molar-refractivity contribution in [2.75, 3.05) is 26.2 Å². The van der Waals surface area contributed by atoms with E-state index in [0.29, 0.717) is 17.2 Å². The van der Waals surface area contributed by atoms with Crippen LogP contribution in [0.1, 0.15) is 37.9 Å². The molecule has 0 spiro atoms. The van der Waals surface area contributed by atoms with Gasteiger partial charge in [-0.3, -0.25) is 0 Å². The Labute approximate surface area is 155 Å². The number of rotatable bonds is 1. The predicted molar refractivity (Wildman–Crippen MR) is 97.0 cm³/mol. The van der Waals surface area contributed by atoms with Crippen LogP contribution in [0, 0.1) is 0 Å². The maximum absolute atomic E-state index is 13.2. The molecule has 0 bridgehead atoms. The summed E-state index contributed by atoms with van der Waals surface area (Å²) in [7, 11) is 0. The van der Waals surface area contributed by atoms with Gasteiger partial charge in [0.2, 0.25) is 5.96 Å². The molecule has 1 unspecified atom stereocenters. The number of nitrogens with zero attached hydrogens (tertiary/aromatic N) is 4. The monoisotopic (exact) mass is 387 g/mol. The number of alkyl halides is 3.